The van der Waals surface area contributed by atoms with Crippen molar-refractivity contribution in [2.24, 2.45) is 0 Å². The summed E-state index contributed by atoms with van der Waals surface area (Å²) in [6.07, 6.45) is 0. The number of hydrogen-bond donors (Lipinski definition) is 1. The Labute approximate surface area is 222 Å². The molecule has 2 heterocycles. The van der Waals surface area contributed by atoms with E-state index in [1.165, 1.54) is 20.3 Å². The van der Waals surface area contributed by atoms with Crippen LogP contribution in [0.3, 0.4) is 0 Å². The number of aromatic nitrogens is 1. The van der Waals surface area contributed by atoms with Crippen LogP contribution in [-0.2, 0) is 10.0 Å². The highest BCUT2D eigenvalue weighted by Gasteiger charge is 2.24. The third-order valence-electron chi connectivity index (χ3n) is 6.44. The third kappa shape index (κ3) is 4.93. The largest absolute Gasteiger partial charge is 0.496 e. The van der Waals surface area contributed by atoms with Crippen LogP contribution in [0.4, 0.5) is 11.5 Å². The molecule has 1 aliphatic rings. The molecule has 0 bridgehead atoms. The fraction of sp³-hybridized carbons (Fsp3) is 0.250. The van der Waals surface area contributed by atoms with E-state index >= 15 is 0 Å². The van der Waals surface area contributed by atoms with Gasteiger partial charge in [0.25, 0.3) is 10.0 Å². The van der Waals surface area contributed by atoms with Crippen molar-refractivity contribution in [2.75, 3.05) is 50.0 Å². The smallest absolute Gasteiger partial charge is 0.266 e. The normalized spacial score (nSPS) is 13.7. The molecule has 0 saturated carbocycles. The van der Waals surface area contributed by atoms with Crippen molar-refractivity contribution in [1.29, 1.82) is 0 Å². The van der Waals surface area contributed by atoms with Crippen LogP contribution >= 0.6 is 0 Å². The highest BCUT2D eigenvalue weighted by atomic mass is 32.2. The van der Waals surface area contributed by atoms with Crippen molar-refractivity contribution >= 4 is 32.5 Å². The van der Waals surface area contributed by atoms with Crippen LogP contribution < -0.4 is 19.1 Å². The molecule has 1 saturated heterocycles. The molecule has 1 fully saturated rings. The SMILES string of the molecule is CC#CN1CCN(c2cccc(-c3cc(OC)c4c(NS(=O)(=O)c5ccccc5OC)noc4c3)c2)CC1. The number of para-hydroxylation sites is 1. The summed E-state index contributed by atoms with van der Waals surface area (Å²) in [5, 5.41) is 4.44. The second-order valence-corrected chi connectivity index (χ2v) is 10.4. The van der Waals surface area contributed by atoms with Crippen molar-refractivity contribution in [3.05, 3.63) is 60.7 Å². The summed E-state index contributed by atoms with van der Waals surface area (Å²) >= 11 is 0. The molecule has 10 heteroatoms. The van der Waals surface area contributed by atoms with Gasteiger partial charge < -0.3 is 23.8 Å². The van der Waals surface area contributed by atoms with Gasteiger partial charge in [0.05, 0.1) is 14.2 Å². The van der Waals surface area contributed by atoms with Crippen molar-refractivity contribution in [3.8, 4) is 34.6 Å². The average Bonchev–Trinajstić information content (AvgIpc) is 3.35. The van der Waals surface area contributed by atoms with Gasteiger partial charge in [0.2, 0.25) is 0 Å². The topological polar surface area (TPSA) is 97.1 Å². The lowest BCUT2D eigenvalue weighted by atomic mass is 10.0. The molecule has 196 valence electrons. The second-order valence-electron chi connectivity index (χ2n) is 8.73. The van der Waals surface area contributed by atoms with Gasteiger partial charge in [-0.05, 0) is 54.4 Å². The Balaban J connectivity index is 1.46. The quantitative estimate of drug-likeness (QED) is 0.350. The summed E-state index contributed by atoms with van der Waals surface area (Å²) in [6.45, 7) is 5.40. The Hall–Kier alpha value is -4.36. The molecule has 0 atom stereocenters. The predicted octanol–water partition coefficient (Wildman–Crippen LogP) is 4.42. The van der Waals surface area contributed by atoms with Gasteiger partial charge in [-0.3, -0.25) is 4.72 Å². The van der Waals surface area contributed by atoms with Gasteiger partial charge >= 0.3 is 0 Å². The number of ether oxygens (including phenoxy) is 2. The number of sulfonamides is 1. The van der Waals surface area contributed by atoms with Crippen molar-refractivity contribution in [1.82, 2.24) is 10.1 Å². The Morgan fingerprint density at radius 3 is 2.42 bits per heavy atom. The van der Waals surface area contributed by atoms with E-state index in [4.69, 9.17) is 14.0 Å². The van der Waals surface area contributed by atoms with E-state index < -0.39 is 10.0 Å². The molecular formula is C28H28N4O5S. The first-order chi connectivity index (χ1) is 18.4. The van der Waals surface area contributed by atoms with Gasteiger partial charge in [-0.1, -0.05) is 35.3 Å². The predicted molar refractivity (Wildman–Crippen MR) is 147 cm³/mol. The minimum absolute atomic E-state index is 0.00590. The van der Waals surface area contributed by atoms with E-state index in [-0.39, 0.29) is 16.5 Å². The van der Waals surface area contributed by atoms with Crippen LogP contribution in [0, 0.1) is 12.0 Å². The molecule has 9 nitrogen and oxygen atoms in total. The molecule has 0 unspecified atom stereocenters. The first kappa shape index (κ1) is 25.3. The average molecular weight is 533 g/mol. The molecule has 0 aliphatic carbocycles. The van der Waals surface area contributed by atoms with Gasteiger partial charge in [0.1, 0.15) is 21.8 Å². The van der Waals surface area contributed by atoms with Crippen LogP contribution in [0.5, 0.6) is 11.5 Å². The second kappa shape index (κ2) is 10.6. The summed E-state index contributed by atoms with van der Waals surface area (Å²) in [7, 11) is -1.06. The lowest BCUT2D eigenvalue weighted by molar-refractivity contribution is 0.368. The first-order valence-corrected chi connectivity index (χ1v) is 13.6. The zero-order valence-corrected chi connectivity index (χ0v) is 22.2. The fourth-order valence-electron chi connectivity index (χ4n) is 4.57. The highest BCUT2D eigenvalue weighted by molar-refractivity contribution is 7.92. The number of benzene rings is 3. The maximum absolute atomic E-state index is 13.1. The molecule has 0 radical (unpaired) electrons. The van der Waals surface area contributed by atoms with Crippen LogP contribution in [0.2, 0.25) is 0 Å². The van der Waals surface area contributed by atoms with Crippen LogP contribution in [0.25, 0.3) is 22.1 Å². The molecule has 3 aromatic carbocycles. The number of hydrogen-bond acceptors (Lipinski definition) is 8. The van der Waals surface area contributed by atoms with Crippen molar-refractivity contribution in [3.63, 3.8) is 0 Å². The van der Waals surface area contributed by atoms with Crippen LogP contribution in [-0.4, -0.2) is 58.9 Å². The van der Waals surface area contributed by atoms with Gasteiger partial charge in [0, 0.05) is 37.9 Å². The van der Waals surface area contributed by atoms with E-state index in [9.17, 15) is 8.42 Å². The molecule has 1 N–H and O–H groups in total. The number of rotatable bonds is 7. The zero-order chi connectivity index (χ0) is 26.7. The molecule has 38 heavy (non-hydrogen) atoms. The minimum atomic E-state index is -4.00. The number of nitrogens with zero attached hydrogens (tertiary/aromatic N) is 3. The van der Waals surface area contributed by atoms with E-state index in [2.05, 4.69) is 43.8 Å². The lowest BCUT2D eigenvalue weighted by Gasteiger charge is -2.34. The van der Waals surface area contributed by atoms with E-state index in [1.54, 1.807) is 18.2 Å². The van der Waals surface area contributed by atoms with Gasteiger partial charge in [0.15, 0.2) is 11.4 Å². The highest BCUT2D eigenvalue weighted by Crippen LogP contribution is 2.38. The van der Waals surface area contributed by atoms with Crippen molar-refractivity contribution in [2.45, 2.75) is 11.8 Å². The van der Waals surface area contributed by atoms with Crippen LogP contribution in [0.15, 0.2) is 70.1 Å². The number of nitrogens with one attached hydrogen (secondary N) is 1. The van der Waals surface area contributed by atoms with Gasteiger partial charge in [-0.25, -0.2) is 8.42 Å². The molecule has 4 aromatic rings. The Bertz CT molecular complexity index is 1630. The van der Waals surface area contributed by atoms with Gasteiger partial charge in [-0.2, -0.15) is 0 Å². The molecule has 1 aliphatic heterocycles. The number of fused-ring (bicyclic) bond motifs is 1. The van der Waals surface area contributed by atoms with Crippen LogP contribution in [0.1, 0.15) is 6.92 Å². The summed E-state index contributed by atoms with van der Waals surface area (Å²) in [6, 6.07) is 21.4. The Morgan fingerprint density at radius 1 is 0.921 bits per heavy atom. The maximum atomic E-state index is 13.1. The van der Waals surface area contributed by atoms with E-state index in [0.29, 0.717) is 16.7 Å². The standard InChI is InChI=1S/C28H28N4O5S/c1-4-12-31-13-15-32(16-14-31)22-9-7-8-20(17-22)21-18-24(36-3)27-25(19-21)37-29-28(27)30-38(33,34)26-11-6-5-10-23(26)35-2/h5-11,17-19H,13-16H2,1-3H3,(H,29,30). The van der Waals surface area contributed by atoms with E-state index in [0.717, 1.165) is 43.0 Å². The van der Waals surface area contributed by atoms with E-state index in [1.807, 2.05) is 31.2 Å². The summed E-state index contributed by atoms with van der Waals surface area (Å²) < 4.78 is 45.2. The summed E-state index contributed by atoms with van der Waals surface area (Å²) in [4.78, 5) is 4.48. The number of piperazine rings is 1. The fourth-order valence-corrected chi connectivity index (χ4v) is 5.75. The summed E-state index contributed by atoms with van der Waals surface area (Å²) in [5.74, 6) is 3.66. The lowest BCUT2D eigenvalue weighted by Crippen LogP contribution is -2.44. The Kier molecular flexibility index (Phi) is 7.03. The van der Waals surface area contributed by atoms with Crippen molar-refractivity contribution < 1.29 is 22.4 Å². The zero-order valence-electron chi connectivity index (χ0n) is 21.4. The minimum Gasteiger partial charge on any atom is -0.496 e. The molecule has 1 aromatic heterocycles. The number of anilines is 2. The maximum Gasteiger partial charge on any atom is 0.266 e. The molecule has 0 amide bonds. The Morgan fingerprint density at radius 2 is 1.68 bits per heavy atom. The molecule has 5 rings (SSSR count). The monoisotopic (exact) mass is 532 g/mol. The van der Waals surface area contributed by atoms with Gasteiger partial charge in [-0.15, -0.1) is 0 Å². The summed E-state index contributed by atoms with van der Waals surface area (Å²) in [5.41, 5.74) is 3.36. The third-order valence-corrected chi connectivity index (χ3v) is 7.82. The first-order valence-electron chi connectivity index (χ1n) is 12.1. The molecule has 0 spiro atoms. The number of methoxy groups -OCH3 is 2. The molecular weight excluding hydrogens is 504 g/mol.